The van der Waals surface area contributed by atoms with Gasteiger partial charge in [-0.1, -0.05) is 0 Å². The Kier molecular flexibility index (Phi) is 7.06. The van der Waals surface area contributed by atoms with Crippen molar-refractivity contribution < 1.29 is 9.85 Å². The first-order valence-electron chi connectivity index (χ1n) is 8.92. The van der Waals surface area contributed by atoms with E-state index >= 15 is 0 Å². The Morgan fingerprint density at radius 2 is 1.48 bits per heavy atom. The fourth-order valence-corrected chi connectivity index (χ4v) is 4.55. The molecule has 0 saturated heterocycles. The van der Waals surface area contributed by atoms with Gasteiger partial charge in [0.1, 0.15) is 0 Å². The molecule has 9 nitrogen and oxygen atoms in total. The maximum atomic E-state index is 11.2. The van der Waals surface area contributed by atoms with Gasteiger partial charge in [0.15, 0.2) is 0 Å². The van der Waals surface area contributed by atoms with Gasteiger partial charge in [0.2, 0.25) is 0 Å². The van der Waals surface area contributed by atoms with E-state index in [0.717, 1.165) is 6.07 Å². The normalized spacial score (nSPS) is 10.9. The summed E-state index contributed by atoms with van der Waals surface area (Å²) < 4.78 is 0.474. The van der Waals surface area contributed by atoms with Crippen LogP contribution in [0.5, 0.6) is 0 Å². The summed E-state index contributed by atoms with van der Waals surface area (Å²) in [5.74, 6) is 0. The van der Waals surface area contributed by atoms with E-state index < -0.39 is 24.8 Å². The molecular formula is C21H15N5O4Se. The number of aliphatic imine (C=N–C) groups is 1. The SMILES string of the molecule is N#CN(C(=Nc1ccccc1)[Se]Cc1cc([N+](=O)[O-])cc([N+](=O)[O-])c1)c1ccccc1. The van der Waals surface area contributed by atoms with Crippen LogP contribution in [0, 0.1) is 31.7 Å². The van der Waals surface area contributed by atoms with Gasteiger partial charge in [0.25, 0.3) is 0 Å². The minimum absolute atomic E-state index is 0.284. The zero-order valence-electron chi connectivity index (χ0n) is 16.0. The molecule has 0 aliphatic carbocycles. The predicted octanol–water partition coefficient (Wildman–Crippen LogP) is 4.38. The quantitative estimate of drug-likeness (QED) is 0.0940. The second kappa shape index (κ2) is 10.1. The second-order valence-corrected chi connectivity index (χ2v) is 8.14. The number of hydrogen-bond donors (Lipinski definition) is 0. The average molecular weight is 480 g/mol. The van der Waals surface area contributed by atoms with E-state index in [-0.39, 0.29) is 16.7 Å². The maximum absolute atomic E-state index is 11.2. The molecule has 0 bridgehead atoms. The number of amidine groups is 1. The van der Waals surface area contributed by atoms with Crippen LogP contribution in [0.2, 0.25) is 0 Å². The van der Waals surface area contributed by atoms with Crippen LogP contribution in [0.1, 0.15) is 5.56 Å². The van der Waals surface area contributed by atoms with Crippen molar-refractivity contribution >= 4 is 42.4 Å². The Balaban J connectivity index is 1.96. The number of nitriles is 1. The van der Waals surface area contributed by atoms with E-state index in [1.54, 1.807) is 36.4 Å². The predicted molar refractivity (Wildman–Crippen MR) is 117 cm³/mol. The van der Waals surface area contributed by atoms with Crippen LogP contribution in [0.4, 0.5) is 22.7 Å². The molecule has 3 aromatic carbocycles. The van der Waals surface area contributed by atoms with Gasteiger partial charge in [-0.05, 0) is 0 Å². The molecule has 3 aromatic rings. The number of para-hydroxylation sites is 2. The molecule has 154 valence electrons. The molecule has 0 heterocycles. The van der Waals surface area contributed by atoms with E-state index in [1.165, 1.54) is 17.0 Å². The van der Waals surface area contributed by atoms with Crippen LogP contribution in [-0.2, 0) is 5.32 Å². The summed E-state index contributed by atoms with van der Waals surface area (Å²) in [6, 6.07) is 21.7. The molecule has 0 amide bonds. The molecule has 0 spiro atoms. The van der Waals surface area contributed by atoms with Crippen LogP contribution >= 0.6 is 0 Å². The molecule has 0 aromatic heterocycles. The monoisotopic (exact) mass is 481 g/mol. The summed E-state index contributed by atoms with van der Waals surface area (Å²) in [4.78, 5) is 27.0. The fraction of sp³-hybridized carbons (Fsp3) is 0.0476. The van der Waals surface area contributed by atoms with Crippen LogP contribution < -0.4 is 4.90 Å². The molecule has 0 atom stereocenters. The Labute approximate surface area is 183 Å². The standard InChI is InChI=1S/C21H15N5O4Se/c22-15-24(18-9-5-2-6-10-18)21(23-17-7-3-1-4-8-17)31-14-16-11-19(25(27)28)13-20(12-16)26(29)30/h1-13H,14H2. The molecule has 0 N–H and O–H groups in total. The van der Waals surface area contributed by atoms with E-state index in [9.17, 15) is 25.5 Å². The zero-order valence-corrected chi connectivity index (χ0v) is 17.7. The summed E-state index contributed by atoms with van der Waals surface area (Å²) in [5.41, 5.74) is 1.03. The third-order valence-electron chi connectivity index (χ3n) is 4.04. The molecular weight excluding hydrogens is 465 g/mol. The van der Waals surface area contributed by atoms with Crippen molar-refractivity contribution in [1.29, 1.82) is 5.26 Å². The van der Waals surface area contributed by atoms with Gasteiger partial charge in [-0.3, -0.25) is 0 Å². The van der Waals surface area contributed by atoms with E-state index in [1.807, 2.05) is 24.3 Å². The van der Waals surface area contributed by atoms with Crippen molar-refractivity contribution in [3.8, 4) is 6.19 Å². The number of nitrogens with zero attached hydrogens (tertiary/aromatic N) is 5. The number of anilines is 1. The van der Waals surface area contributed by atoms with Crippen molar-refractivity contribution in [2.24, 2.45) is 4.99 Å². The first-order chi connectivity index (χ1) is 15.0. The Morgan fingerprint density at radius 1 is 0.935 bits per heavy atom. The molecule has 0 aliphatic heterocycles. The number of hydrogen-bond acceptors (Lipinski definition) is 6. The van der Waals surface area contributed by atoms with Crippen LogP contribution in [0.25, 0.3) is 0 Å². The minimum atomic E-state index is -0.659. The van der Waals surface area contributed by atoms with Crippen LogP contribution in [0.15, 0.2) is 83.9 Å². The average Bonchev–Trinajstić information content (AvgIpc) is 2.79. The van der Waals surface area contributed by atoms with Crippen molar-refractivity contribution in [3.05, 3.63) is 105 Å². The van der Waals surface area contributed by atoms with Crippen LogP contribution in [0.3, 0.4) is 0 Å². The molecule has 3 rings (SSSR count). The van der Waals surface area contributed by atoms with Crippen molar-refractivity contribution in [2.75, 3.05) is 4.90 Å². The van der Waals surface area contributed by atoms with Gasteiger partial charge >= 0.3 is 184 Å². The van der Waals surface area contributed by atoms with Crippen molar-refractivity contribution in [3.63, 3.8) is 0 Å². The van der Waals surface area contributed by atoms with Gasteiger partial charge in [-0.15, -0.1) is 0 Å². The molecule has 0 radical (unpaired) electrons. The molecule has 10 heteroatoms. The van der Waals surface area contributed by atoms with E-state index in [2.05, 4.69) is 11.2 Å². The number of benzene rings is 3. The van der Waals surface area contributed by atoms with Gasteiger partial charge in [0, 0.05) is 0 Å². The summed E-state index contributed by atoms with van der Waals surface area (Å²) in [7, 11) is 0. The number of nitro benzene ring substituents is 2. The number of nitro groups is 2. The summed E-state index contributed by atoms with van der Waals surface area (Å²) in [6.45, 7) is 0. The van der Waals surface area contributed by atoms with E-state index in [4.69, 9.17) is 0 Å². The van der Waals surface area contributed by atoms with E-state index in [0.29, 0.717) is 21.7 Å². The third kappa shape index (κ3) is 5.73. The molecule has 0 unspecified atom stereocenters. The Bertz CT molecular complexity index is 1130. The Morgan fingerprint density at radius 3 is 2.00 bits per heavy atom. The molecule has 0 aliphatic rings. The molecule has 0 fully saturated rings. The number of non-ortho nitro benzene ring substituents is 2. The summed E-state index contributed by atoms with van der Waals surface area (Å²) >= 11 is -0.454. The Hall–Kier alpha value is -4.06. The van der Waals surface area contributed by atoms with Crippen molar-refractivity contribution in [2.45, 2.75) is 5.32 Å². The third-order valence-corrected chi connectivity index (χ3v) is 6.16. The van der Waals surface area contributed by atoms with Gasteiger partial charge in [-0.2, -0.15) is 0 Å². The van der Waals surface area contributed by atoms with Crippen LogP contribution in [-0.4, -0.2) is 29.5 Å². The summed E-state index contributed by atoms with van der Waals surface area (Å²) in [6.07, 6.45) is 2.14. The zero-order chi connectivity index (χ0) is 22.2. The summed E-state index contributed by atoms with van der Waals surface area (Å²) in [5, 5.41) is 32.4. The molecule has 31 heavy (non-hydrogen) atoms. The topological polar surface area (TPSA) is 126 Å². The van der Waals surface area contributed by atoms with Crippen molar-refractivity contribution in [1.82, 2.24) is 0 Å². The van der Waals surface area contributed by atoms with Gasteiger partial charge < -0.3 is 0 Å². The fourth-order valence-electron chi connectivity index (χ4n) is 2.65. The first-order valence-corrected chi connectivity index (χ1v) is 11.0. The van der Waals surface area contributed by atoms with Gasteiger partial charge in [0.05, 0.1) is 0 Å². The number of rotatable bonds is 7. The van der Waals surface area contributed by atoms with Gasteiger partial charge in [-0.25, -0.2) is 0 Å². The second-order valence-electron chi connectivity index (χ2n) is 6.16. The molecule has 0 saturated carbocycles. The first kappa shape index (κ1) is 21.6.